The van der Waals surface area contributed by atoms with Crippen molar-refractivity contribution >= 4 is 0 Å². The molecule has 0 saturated heterocycles. The van der Waals surface area contributed by atoms with Crippen molar-refractivity contribution in [2.75, 3.05) is 0 Å². The van der Waals surface area contributed by atoms with Gasteiger partial charge in [0.1, 0.15) is 0 Å². The number of hydrogen-bond donors (Lipinski definition) is 0. The fourth-order valence-corrected chi connectivity index (χ4v) is 7.33. The molecule has 4 rings (SSSR count). The van der Waals surface area contributed by atoms with Gasteiger partial charge in [0.05, 0.1) is 0 Å². The Hall–Kier alpha value is -4.16. The first-order chi connectivity index (χ1) is 23.0. The summed E-state index contributed by atoms with van der Waals surface area (Å²) in [5.41, 5.74) is 16.1. The lowest BCUT2D eigenvalue weighted by molar-refractivity contribution is 0.457. The largest absolute Gasteiger partial charge is 0.0998 e. The summed E-state index contributed by atoms with van der Waals surface area (Å²) in [5, 5.41) is 0. The van der Waals surface area contributed by atoms with Gasteiger partial charge < -0.3 is 0 Å². The molecule has 3 unspecified atom stereocenters. The van der Waals surface area contributed by atoms with E-state index in [1.54, 1.807) is 0 Å². The molecule has 0 aromatic heterocycles. The molecule has 0 fully saturated rings. The van der Waals surface area contributed by atoms with E-state index >= 15 is 0 Å². The van der Waals surface area contributed by atoms with Gasteiger partial charge in [-0.1, -0.05) is 153 Å². The lowest BCUT2D eigenvalue weighted by atomic mass is 9.76. The first-order valence-electron chi connectivity index (χ1n) is 17.9. The Morgan fingerprint density at radius 1 is 0.479 bits per heavy atom. The highest BCUT2D eigenvalue weighted by molar-refractivity contribution is 5.36. The SMILES string of the molecule is C=C(C)Cc1ccc(C(CCc2ccccc2CC(=C)C)CC(CC(C)c2ccccc2CC(=C)C)c2ccc(CC(=C)C)cc2)cc1. The third-order valence-electron chi connectivity index (χ3n) is 9.57. The number of benzene rings is 4. The van der Waals surface area contributed by atoms with Crippen molar-refractivity contribution in [3.05, 3.63) is 190 Å². The highest BCUT2D eigenvalue weighted by atomic mass is 14.3. The summed E-state index contributed by atoms with van der Waals surface area (Å²) < 4.78 is 0. The topological polar surface area (TPSA) is 0 Å². The van der Waals surface area contributed by atoms with Crippen molar-refractivity contribution in [2.45, 2.75) is 104 Å². The summed E-state index contributed by atoms with van der Waals surface area (Å²) in [7, 11) is 0. The lowest BCUT2D eigenvalue weighted by Gasteiger charge is -2.28. The summed E-state index contributed by atoms with van der Waals surface area (Å²) in [5.74, 6) is 1.28. The van der Waals surface area contributed by atoms with E-state index in [1.165, 1.54) is 66.8 Å². The predicted molar refractivity (Wildman–Crippen MR) is 211 cm³/mol. The average molecular weight is 635 g/mol. The second-order valence-corrected chi connectivity index (χ2v) is 14.8. The standard InChI is InChI=1S/C48H58/c1-34(2)28-39-18-22-42(23-19-39)45(27-26-41-14-10-11-15-44(41)30-36(5)6)33-47(43-24-20-40(21-25-43)29-35(3)4)32-38(9)48-17-13-12-16-46(48)31-37(7)8/h10-25,38,45,47H,1,3,5,7,26-33H2,2,4,6,8-9H3. The van der Waals surface area contributed by atoms with Gasteiger partial charge in [-0.25, -0.2) is 0 Å². The fourth-order valence-electron chi connectivity index (χ4n) is 7.33. The molecular formula is C48H58. The highest BCUT2D eigenvalue weighted by Crippen LogP contribution is 2.40. The second-order valence-electron chi connectivity index (χ2n) is 14.8. The van der Waals surface area contributed by atoms with Gasteiger partial charge in [0.2, 0.25) is 0 Å². The highest BCUT2D eigenvalue weighted by Gasteiger charge is 2.24. The summed E-state index contributed by atoms with van der Waals surface area (Å²) in [6.07, 6.45) is 8.11. The van der Waals surface area contributed by atoms with Crippen molar-refractivity contribution < 1.29 is 0 Å². The van der Waals surface area contributed by atoms with Crippen LogP contribution in [0.4, 0.5) is 0 Å². The average Bonchev–Trinajstić information content (AvgIpc) is 3.03. The van der Waals surface area contributed by atoms with E-state index in [0.717, 1.165) is 51.4 Å². The van der Waals surface area contributed by atoms with Crippen LogP contribution in [0.5, 0.6) is 0 Å². The molecule has 0 radical (unpaired) electrons. The van der Waals surface area contributed by atoms with Crippen molar-refractivity contribution in [1.82, 2.24) is 0 Å². The molecule has 0 aliphatic carbocycles. The van der Waals surface area contributed by atoms with Gasteiger partial charge in [0, 0.05) is 0 Å². The molecule has 0 saturated carbocycles. The van der Waals surface area contributed by atoms with Crippen LogP contribution in [0, 0.1) is 0 Å². The molecule has 0 heterocycles. The molecule has 48 heavy (non-hydrogen) atoms. The molecule has 0 heteroatoms. The Morgan fingerprint density at radius 3 is 1.44 bits per heavy atom. The fraction of sp³-hybridized carbons (Fsp3) is 0.333. The van der Waals surface area contributed by atoms with Crippen LogP contribution in [0.2, 0.25) is 0 Å². The Kier molecular flexibility index (Phi) is 13.6. The van der Waals surface area contributed by atoms with Crippen LogP contribution in [0.15, 0.2) is 146 Å². The third-order valence-corrected chi connectivity index (χ3v) is 9.57. The molecule has 4 aromatic carbocycles. The van der Waals surface area contributed by atoms with E-state index < -0.39 is 0 Å². The van der Waals surface area contributed by atoms with E-state index in [1.807, 2.05) is 0 Å². The van der Waals surface area contributed by atoms with Gasteiger partial charge in [-0.3, -0.25) is 0 Å². The zero-order valence-corrected chi connectivity index (χ0v) is 30.5. The number of aryl methyl sites for hydroxylation is 1. The molecule has 250 valence electrons. The van der Waals surface area contributed by atoms with Crippen LogP contribution in [-0.2, 0) is 32.1 Å². The summed E-state index contributed by atoms with van der Waals surface area (Å²) >= 11 is 0. The lowest BCUT2D eigenvalue weighted by Crippen LogP contribution is -2.12. The monoisotopic (exact) mass is 634 g/mol. The summed E-state index contributed by atoms with van der Waals surface area (Å²) in [6.45, 7) is 27.7. The molecule has 0 aliphatic heterocycles. The quantitative estimate of drug-likeness (QED) is 0.0955. The van der Waals surface area contributed by atoms with Gasteiger partial charge >= 0.3 is 0 Å². The van der Waals surface area contributed by atoms with Crippen molar-refractivity contribution in [3.8, 4) is 0 Å². The van der Waals surface area contributed by atoms with Crippen LogP contribution < -0.4 is 0 Å². The minimum Gasteiger partial charge on any atom is -0.0998 e. The minimum absolute atomic E-state index is 0.419. The van der Waals surface area contributed by atoms with E-state index in [4.69, 9.17) is 0 Å². The van der Waals surface area contributed by atoms with Crippen molar-refractivity contribution in [1.29, 1.82) is 0 Å². The number of rotatable bonds is 18. The first-order valence-corrected chi connectivity index (χ1v) is 17.9. The Labute approximate surface area is 293 Å². The number of hydrogen-bond acceptors (Lipinski definition) is 0. The smallest absolute Gasteiger partial charge is 0.00697 e. The Balaban J connectivity index is 1.71. The van der Waals surface area contributed by atoms with Crippen LogP contribution in [0.25, 0.3) is 0 Å². The van der Waals surface area contributed by atoms with Gasteiger partial charge in [0.15, 0.2) is 0 Å². The molecule has 0 spiro atoms. The molecular weight excluding hydrogens is 577 g/mol. The zero-order valence-electron chi connectivity index (χ0n) is 30.5. The zero-order chi connectivity index (χ0) is 34.6. The van der Waals surface area contributed by atoms with Gasteiger partial charge in [-0.2, -0.15) is 0 Å². The second kappa shape index (κ2) is 17.8. The Morgan fingerprint density at radius 2 is 0.917 bits per heavy atom. The Bertz CT molecular complexity index is 1680. The molecule has 3 atom stereocenters. The van der Waals surface area contributed by atoms with Gasteiger partial charge in [-0.15, -0.1) is 0 Å². The van der Waals surface area contributed by atoms with Gasteiger partial charge in [-0.05, 0) is 141 Å². The first kappa shape index (κ1) is 36.7. The van der Waals surface area contributed by atoms with Gasteiger partial charge in [0.25, 0.3) is 0 Å². The molecule has 0 aliphatic rings. The van der Waals surface area contributed by atoms with Crippen molar-refractivity contribution in [3.63, 3.8) is 0 Å². The number of allylic oxidation sites excluding steroid dienone is 4. The van der Waals surface area contributed by atoms with Crippen LogP contribution in [0.3, 0.4) is 0 Å². The minimum atomic E-state index is 0.419. The molecule has 0 N–H and O–H groups in total. The molecule has 0 bridgehead atoms. The maximum absolute atomic E-state index is 4.23. The molecule has 0 nitrogen and oxygen atoms in total. The third kappa shape index (κ3) is 11.2. The van der Waals surface area contributed by atoms with Crippen LogP contribution >= 0.6 is 0 Å². The van der Waals surface area contributed by atoms with Crippen LogP contribution in [0.1, 0.15) is 116 Å². The van der Waals surface area contributed by atoms with Crippen molar-refractivity contribution in [2.24, 2.45) is 0 Å². The van der Waals surface area contributed by atoms with E-state index in [0.29, 0.717) is 17.8 Å². The maximum atomic E-state index is 4.23. The maximum Gasteiger partial charge on any atom is -0.00697 e. The van der Waals surface area contributed by atoms with Crippen LogP contribution in [-0.4, -0.2) is 0 Å². The summed E-state index contributed by atoms with van der Waals surface area (Å²) in [4.78, 5) is 0. The normalized spacial score (nSPS) is 13.0. The van der Waals surface area contributed by atoms with E-state index in [2.05, 4.69) is 158 Å². The summed E-state index contributed by atoms with van der Waals surface area (Å²) in [6, 6.07) is 36.8. The predicted octanol–water partition coefficient (Wildman–Crippen LogP) is 13.2. The van der Waals surface area contributed by atoms with E-state index in [9.17, 15) is 0 Å². The molecule has 0 amide bonds. The molecule has 4 aromatic rings. The van der Waals surface area contributed by atoms with E-state index in [-0.39, 0.29) is 0 Å².